The van der Waals surface area contributed by atoms with Crippen LogP contribution < -0.4 is 10.6 Å². The molecule has 0 unspecified atom stereocenters. The Morgan fingerprint density at radius 3 is 2.91 bits per heavy atom. The predicted octanol–water partition coefficient (Wildman–Crippen LogP) is 2.59. The number of aromatic nitrogens is 4. The van der Waals surface area contributed by atoms with Gasteiger partial charge in [-0.25, -0.2) is 9.78 Å². The normalized spacial score (nSPS) is 17.8. The second kappa shape index (κ2) is 11.0. The van der Waals surface area contributed by atoms with Gasteiger partial charge in [-0.05, 0) is 52.2 Å². The summed E-state index contributed by atoms with van der Waals surface area (Å²) >= 11 is 0. The number of nitrogens with zero attached hydrogens (tertiary/aromatic N) is 7. The minimum atomic E-state index is -0.250. The average molecular weight is 454 g/mol. The van der Waals surface area contributed by atoms with Gasteiger partial charge in [-0.1, -0.05) is 0 Å². The number of ether oxygens (including phenoxy) is 1. The molecule has 0 radical (unpaired) electrons. The molecule has 4 rings (SSSR count). The van der Waals surface area contributed by atoms with Crippen molar-refractivity contribution in [3.8, 4) is 6.07 Å². The molecular formula is C22H31N9O2. The van der Waals surface area contributed by atoms with Gasteiger partial charge in [0, 0.05) is 25.8 Å². The van der Waals surface area contributed by atoms with Gasteiger partial charge in [0.1, 0.15) is 17.5 Å². The molecule has 176 valence electrons. The first-order valence-corrected chi connectivity index (χ1v) is 11.5. The molecule has 0 aliphatic carbocycles. The minimum absolute atomic E-state index is 0.250. The topological polar surface area (TPSA) is 124 Å². The minimum Gasteiger partial charge on any atom is -0.449 e. The van der Waals surface area contributed by atoms with E-state index in [0.717, 1.165) is 57.4 Å². The number of hydrogen-bond donors (Lipinski definition) is 2. The number of nitriles is 1. The number of anilines is 3. The summed E-state index contributed by atoms with van der Waals surface area (Å²) in [5.41, 5.74) is 1.18. The van der Waals surface area contributed by atoms with Gasteiger partial charge in [0.05, 0.1) is 30.7 Å². The van der Waals surface area contributed by atoms with E-state index < -0.39 is 0 Å². The van der Waals surface area contributed by atoms with Gasteiger partial charge in [-0.15, -0.1) is 0 Å². The van der Waals surface area contributed by atoms with Crippen molar-refractivity contribution in [1.82, 2.24) is 29.5 Å². The molecule has 2 N–H and O–H groups in total. The van der Waals surface area contributed by atoms with Crippen molar-refractivity contribution < 1.29 is 9.53 Å². The van der Waals surface area contributed by atoms with E-state index in [2.05, 4.69) is 43.7 Å². The van der Waals surface area contributed by atoms with Crippen LogP contribution in [0.5, 0.6) is 0 Å². The first-order valence-electron chi connectivity index (χ1n) is 11.5. The summed E-state index contributed by atoms with van der Waals surface area (Å²) in [6.07, 6.45) is 9.73. The molecule has 0 aromatic carbocycles. The Labute approximate surface area is 193 Å². The van der Waals surface area contributed by atoms with Crippen LogP contribution in [0.3, 0.4) is 0 Å². The fraction of sp³-hybridized carbons (Fsp3) is 0.591. The molecule has 0 spiro atoms. The van der Waals surface area contributed by atoms with Crippen LogP contribution in [-0.4, -0.2) is 82.0 Å². The maximum atomic E-state index is 11.9. The van der Waals surface area contributed by atoms with Crippen molar-refractivity contribution in [3.63, 3.8) is 0 Å². The first-order chi connectivity index (χ1) is 16.1. The van der Waals surface area contributed by atoms with Crippen LogP contribution in [0.2, 0.25) is 0 Å². The molecule has 0 saturated carbocycles. The molecule has 2 fully saturated rings. The van der Waals surface area contributed by atoms with Crippen molar-refractivity contribution >= 4 is 23.5 Å². The highest BCUT2D eigenvalue weighted by Gasteiger charge is 2.19. The molecule has 2 aromatic heterocycles. The zero-order valence-corrected chi connectivity index (χ0v) is 19.0. The lowest BCUT2D eigenvalue weighted by Crippen LogP contribution is -2.32. The lowest BCUT2D eigenvalue weighted by Gasteiger charge is -2.28. The Bertz CT molecular complexity index is 978. The van der Waals surface area contributed by atoms with Gasteiger partial charge in [-0.2, -0.15) is 15.3 Å². The second-order valence-electron chi connectivity index (χ2n) is 8.53. The summed E-state index contributed by atoms with van der Waals surface area (Å²) in [6.45, 7) is 4.52. The van der Waals surface area contributed by atoms with Crippen molar-refractivity contribution in [2.45, 2.75) is 38.1 Å². The van der Waals surface area contributed by atoms with Crippen LogP contribution in [0.25, 0.3) is 0 Å². The molecule has 4 heterocycles. The van der Waals surface area contributed by atoms with Crippen LogP contribution in [0.4, 0.5) is 22.2 Å². The largest absolute Gasteiger partial charge is 0.449 e. The predicted molar refractivity (Wildman–Crippen MR) is 123 cm³/mol. The van der Waals surface area contributed by atoms with E-state index >= 15 is 0 Å². The fourth-order valence-corrected chi connectivity index (χ4v) is 4.08. The zero-order chi connectivity index (χ0) is 23.0. The molecule has 33 heavy (non-hydrogen) atoms. The number of carbonyl (C=O) groups excluding carboxylic acids is 1. The summed E-state index contributed by atoms with van der Waals surface area (Å²) in [4.78, 5) is 24.7. The molecule has 2 aliphatic rings. The molecule has 11 heteroatoms. The lowest BCUT2D eigenvalue weighted by atomic mass is 10.1. The highest BCUT2D eigenvalue weighted by Crippen LogP contribution is 2.23. The van der Waals surface area contributed by atoms with E-state index in [1.807, 2.05) is 10.9 Å². The highest BCUT2D eigenvalue weighted by atomic mass is 16.6. The standard InChI is InChI=1S/C22H31N9O2/c1-29-10-5-19(6-11-29)31-16-18(15-26-31)27-21-25-14-17(13-23)20(28-21)24-7-4-9-30-8-2-3-12-33-22(30)32/h14-16,19H,2-12H2,1H3,(H2,24,25,27,28). The molecule has 2 aliphatic heterocycles. The first kappa shape index (κ1) is 22.8. The molecule has 2 saturated heterocycles. The summed E-state index contributed by atoms with van der Waals surface area (Å²) in [7, 11) is 2.14. The Balaban J connectivity index is 1.32. The average Bonchev–Trinajstić information content (AvgIpc) is 3.19. The number of cyclic esters (lactones) is 1. The zero-order valence-electron chi connectivity index (χ0n) is 19.0. The van der Waals surface area contributed by atoms with Gasteiger partial charge in [0.15, 0.2) is 0 Å². The van der Waals surface area contributed by atoms with Crippen molar-refractivity contribution in [2.24, 2.45) is 0 Å². The van der Waals surface area contributed by atoms with Gasteiger partial charge in [0.25, 0.3) is 0 Å². The molecule has 0 atom stereocenters. The summed E-state index contributed by atoms with van der Waals surface area (Å²) in [6, 6.07) is 2.52. The summed E-state index contributed by atoms with van der Waals surface area (Å²) in [5.74, 6) is 0.867. The lowest BCUT2D eigenvalue weighted by molar-refractivity contribution is 0.116. The van der Waals surface area contributed by atoms with E-state index in [0.29, 0.717) is 43.1 Å². The number of carbonyl (C=O) groups is 1. The van der Waals surface area contributed by atoms with E-state index in [4.69, 9.17) is 4.74 Å². The molecule has 1 amide bonds. The fourth-order valence-electron chi connectivity index (χ4n) is 4.08. The van der Waals surface area contributed by atoms with E-state index in [1.165, 1.54) is 6.20 Å². The molecule has 11 nitrogen and oxygen atoms in total. The molecule has 0 bridgehead atoms. The van der Waals surface area contributed by atoms with Gasteiger partial charge < -0.3 is 25.2 Å². The summed E-state index contributed by atoms with van der Waals surface area (Å²) < 4.78 is 7.18. The van der Waals surface area contributed by atoms with Gasteiger partial charge >= 0.3 is 6.09 Å². The number of nitrogens with one attached hydrogen (secondary N) is 2. The number of hydrogen-bond acceptors (Lipinski definition) is 9. The van der Waals surface area contributed by atoms with Gasteiger partial charge in [0.2, 0.25) is 5.95 Å². The Morgan fingerprint density at radius 1 is 1.24 bits per heavy atom. The third-order valence-electron chi connectivity index (χ3n) is 6.03. The SMILES string of the molecule is CN1CCC(n2cc(Nc3ncc(C#N)c(NCCCN4CCCCOC4=O)n3)cn2)CC1. The van der Waals surface area contributed by atoms with Crippen LogP contribution >= 0.6 is 0 Å². The molecular weight excluding hydrogens is 422 g/mol. The highest BCUT2D eigenvalue weighted by molar-refractivity contribution is 5.67. The van der Waals surface area contributed by atoms with Gasteiger partial charge in [-0.3, -0.25) is 4.68 Å². The van der Waals surface area contributed by atoms with E-state index in [1.54, 1.807) is 11.1 Å². The number of likely N-dealkylation sites (tertiary alicyclic amines) is 1. The van der Waals surface area contributed by atoms with Crippen LogP contribution in [0.15, 0.2) is 18.6 Å². The second-order valence-corrected chi connectivity index (χ2v) is 8.53. The van der Waals surface area contributed by atoms with Crippen molar-refractivity contribution in [1.29, 1.82) is 5.26 Å². The Kier molecular flexibility index (Phi) is 7.57. The van der Waals surface area contributed by atoms with Crippen molar-refractivity contribution in [2.75, 3.05) is 57.0 Å². The third kappa shape index (κ3) is 6.10. The quantitative estimate of drug-likeness (QED) is 0.580. The monoisotopic (exact) mass is 453 g/mol. The van der Waals surface area contributed by atoms with Crippen molar-refractivity contribution in [3.05, 3.63) is 24.2 Å². The maximum Gasteiger partial charge on any atom is 0.409 e. The third-order valence-corrected chi connectivity index (χ3v) is 6.03. The number of rotatable bonds is 8. The maximum absolute atomic E-state index is 11.9. The Morgan fingerprint density at radius 2 is 2.09 bits per heavy atom. The molecule has 2 aromatic rings. The van der Waals surface area contributed by atoms with E-state index in [9.17, 15) is 10.1 Å². The number of piperidine rings is 1. The van der Waals surface area contributed by atoms with Crippen LogP contribution in [0, 0.1) is 11.3 Å². The summed E-state index contributed by atoms with van der Waals surface area (Å²) in [5, 5.41) is 20.3. The smallest absolute Gasteiger partial charge is 0.409 e. The van der Waals surface area contributed by atoms with Crippen LogP contribution in [-0.2, 0) is 4.74 Å². The number of amides is 1. The Hall–Kier alpha value is -3.39. The van der Waals surface area contributed by atoms with E-state index in [-0.39, 0.29) is 6.09 Å². The van der Waals surface area contributed by atoms with Crippen LogP contribution in [0.1, 0.15) is 43.7 Å².